The van der Waals surface area contributed by atoms with E-state index in [-0.39, 0.29) is 77.4 Å². The maximum atomic E-state index is 13.1. The molecule has 0 radical (unpaired) electrons. The number of carbonyl (C=O) groups excluding carboxylic acids is 4. The highest BCUT2D eigenvalue weighted by Crippen LogP contribution is 2.30. The molecule has 0 saturated heterocycles. The van der Waals surface area contributed by atoms with Crippen LogP contribution in [-0.4, -0.2) is 71.3 Å². The summed E-state index contributed by atoms with van der Waals surface area (Å²) in [6.07, 6.45) is 0. The van der Waals surface area contributed by atoms with E-state index in [2.05, 4.69) is 46.9 Å². The molecular weight excluding hydrogens is 494 g/mol. The Morgan fingerprint density at radius 2 is 1.03 bits per heavy atom. The van der Waals surface area contributed by atoms with Crippen LogP contribution < -0.4 is 21.3 Å². The minimum Gasteiger partial charge on any atom is -0.355 e. The number of nitrogens with zero attached hydrogens (tertiary/aromatic N) is 1. The van der Waals surface area contributed by atoms with E-state index in [9.17, 15) is 19.2 Å². The first-order valence-electron chi connectivity index (χ1n) is 14.7. The van der Waals surface area contributed by atoms with Crippen molar-refractivity contribution < 1.29 is 19.2 Å². The van der Waals surface area contributed by atoms with Crippen molar-refractivity contribution in [1.82, 2.24) is 26.2 Å². The summed E-state index contributed by atoms with van der Waals surface area (Å²) >= 11 is 0. The monoisotopic (exact) mass is 553 g/mol. The first kappa shape index (κ1) is 36.8. The van der Waals surface area contributed by atoms with E-state index < -0.39 is 5.54 Å². The van der Waals surface area contributed by atoms with Crippen LogP contribution in [0.4, 0.5) is 0 Å². The molecule has 4 N–H and O–H groups in total. The Hall–Kier alpha value is -2.16. The van der Waals surface area contributed by atoms with Crippen LogP contribution in [0.25, 0.3) is 0 Å². The Morgan fingerprint density at radius 1 is 0.615 bits per heavy atom. The van der Waals surface area contributed by atoms with E-state index in [1.807, 2.05) is 76.2 Å². The van der Waals surface area contributed by atoms with Gasteiger partial charge in [0.05, 0.1) is 5.54 Å². The Bertz CT molecular complexity index is 813. The molecule has 0 aromatic rings. The number of hydrogen-bond acceptors (Lipinski definition) is 5. The fourth-order valence-corrected chi connectivity index (χ4v) is 4.45. The topological polar surface area (TPSA) is 120 Å². The summed E-state index contributed by atoms with van der Waals surface area (Å²) in [5.41, 5.74) is -0.747. The van der Waals surface area contributed by atoms with E-state index >= 15 is 0 Å². The second-order valence-corrected chi connectivity index (χ2v) is 12.7. The predicted molar refractivity (Wildman–Crippen MR) is 159 cm³/mol. The van der Waals surface area contributed by atoms with Crippen molar-refractivity contribution in [2.45, 2.75) is 127 Å². The fourth-order valence-electron chi connectivity index (χ4n) is 4.45. The average Bonchev–Trinajstić information content (AvgIpc) is 2.84. The maximum absolute atomic E-state index is 13.1. The lowest BCUT2D eigenvalue weighted by Crippen LogP contribution is -2.69. The summed E-state index contributed by atoms with van der Waals surface area (Å²) in [6, 6.07) is -0.711. The fraction of sp³-hybridized carbons (Fsp3) is 0.867. The molecule has 0 fully saturated rings. The summed E-state index contributed by atoms with van der Waals surface area (Å²) in [5.74, 6) is -0.930. The van der Waals surface area contributed by atoms with E-state index in [4.69, 9.17) is 0 Å². The standard InChI is InChI=1S/C30H59N5O4/c1-17(2)26(36)31-15-16-35(24(12)23(11)33-28(38)19(5)6)25(13)30(14,34-29(39)20(7)8)21(9)22(10)32-27(37)18(3)4/h17-25H,15-16H2,1-14H3,(H,31,36)(H,32,37)(H,33,38)(H,34,39). The molecular formula is C30H59N5O4. The normalized spacial score (nSPS) is 17.4. The van der Waals surface area contributed by atoms with Crippen LogP contribution in [-0.2, 0) is 19.2 Å². The van der Waals surface area contributed by atoms with E-state index in [1.165, 1.54) is 0 Å². The van der Waals surface area contributed by atoms with Crippen molar-refractivity contribution in [3.63, 3.8) is 0 Å². The third-order valence-corrected chi connectivity index (χ3v) is 8.21. The molecule has 0 aromatic carbocycles. The molecule has 6 unspecified atom stereocenters. The molecule has 0 rings (SSSR count). The van der Waals surface area contributed by atoms with Gasteiger partial charge in [0, 0.05) is 66.8 Å². The van der Waals surface area contributed by atoms with Gasteiger partial charge in [-0.05, 0) is 34.6 Å². The van der Waals surface area contributed by atoms with Crippen LogP contribution in [0.5, 0.6) is 0 Å². The molecule has 0 bridgehead atoms. The number of rotatable bonds is 16. The van der Waals surface area contributed by atoms with Crippen LogP contribution in [0.3, 0.4) is 0 Å². The van der Waals surface area contributed by atoms with Crippen molar-refractivity contribution in [3.8, 4) is 0 Å². The van der Waals surface area contributed by atoms with Gasteiger partial charge in [-0.2, -0.15) is 0 Å². The number of carbonyl (C=O) groups is 4. The molecule has 39 heavy (non-hydrogen) atoms. The third kappa shape index (κ3) is 11.1. The highest BCUT2D eigenvalue weighted by Gasteiger charge is 2.45. The lowest BCUT2D eigenvalue weighted by molar-refractivity contribution is -0.128. The molecule has 228 valence electrons. The largest absolute Gasteiger partial charge is 0.355 e. The van der Waals surface area contributed by atoms with Crippen LogP contribution >= 0.6 is 0 Å². The minimum absolute atomic E-state index is 0.0225. The molecule has 0 aromatic heterocycles. The zero-order valence-electron chi connectivity index (χ0n) is 27.2. The molecule has 9 heteroatoms. The third-order valence-electron chi connectivity index (χ3n) is 8.21. The summed E-state index contributed by atoms with van der Waals surface area (Å²) in [6.45, 7) is 28.0. The number of nitrogens with one attached hydrogen (secondary N) is 4. The predicted octanol–water partition coefficient (Wildman–Crippen LogP) is 3.33. The van der Waals surface area contributed by atoms with Crippen molar-refractivity contribution in [1.29, 1.82) is 0 Å². The summed E-state index contributed by atoms with van der Waals surface area (Å²) in [7, 11) is 0. The smallest absolute Gasteiger partial charge is 0.223 e. The minimum atomic E-state index is -0.747. The van der Waals surface area contributed by atoms with Gasteiger partial charge in [0.1, 0.15) is 0 Å². The summed E-state index contributed by atoms with van der Waals surface area (Å²) in [5, 5.41) is 12.6. The first-order chi connectivity index (χ1) is 17.8. The van der Waals surface area contributed by atoms with Crippen molar-refractivity contribution in [3.05, 3.63) is 0 Å². The lowest BCUT2D eigenvalue weighted by atomic mass is 9.75. The van der Waals surface area contributed by atoms with E-state index in [1.54, 1.807) is 0 Å². The Kier molecular flexibility index (Phi) is 15.3. The van der Waals surface area contributed by atoms with Gasteiger partial charge in [-0.1, -0.05) is 62.3 Å². The van der Waals surface area contributed by atoms with Gasteiger partial charge in [0.2, 0.25) is 23.6 Å². The molecule has 9 nitrogen and oxygen atoms in total. The van der Waals surface area contributed by atoms with E-state index in [0.29, 0.717) is 13.1 Å². The highest BCUT2D eigenvalue weighted by molar-refractivity contribution is 5.80. The van der Waals surface area contributed by atoms with E-state index in [0.717, 1.165) is 0 Å². The molecule has 0 saturated carbocycles. The summed E-state index contributed by atoms with van der Waals surface area (Å²) in [4.78, 5) is 52.7. The van der Waals surface area contributed by atoms with Gasteiger partial charge in [-0.15, -0.1) is 0 Å². The maximum Gasteiger partial charge on any atom is 0.223 e. The molecule has 0 aliphatic rings. The Balaban J connectivity index is 6.43. The van der Waals surface area contributed by atoms with Gasteiger partial charge in [0.25, 0.3) is 0 Å². The van der Waals surface area contributed by atoms with Gasteiger partial charge >= 0.3 is 0 Å². The van der Waals surface area contributed by atoms with Gasteiger partial charge in [-0.3, -0.25) is 24.1 Å². The van der Waals surface area contributed by atoms with Gasteiger partial charge in [0.15, 0.2) is 0 Å². The average molecular weight is 554 g/mol. The second kappa shape index (κ2) is 16.2. The van der Waals surface area contributed by atoms with Gasteiger partial charge < -0.3 is 21.3 Å². The van der Waals surface area contributed by atoms with Crippen molar-refractivity contribution >= 4 is 23.6 Å². The quantitative estimate of drug-likeness (QED) is 0.234. The summed E-state index contributed by atoms with van der Waals surface area (Å²) < 4.78 is 0. The molecule has 0 spiro atoms. The number of hydrogen-bond donors (Lipinski definition) is 4. The SMILES string of the molecule is CC(C)C(=O)NCCN(C(C)C(C)NC(=O)C(C)C)C(C)C(C)(NC(=O)C(C)C)C(C)C(C)NC(=O)C(C)C. The number of amides is 4. The molecule has 6 atom stereocenters. The molecule has 0 aliphatic heterocycles. The lowest BCUT2D eigenvalue weighted by Gasteiger charge is -2.51. The molecule has 4 amide bonds. The first-order valence-corrected chi connectivity index (χ1v) is 14.7. The highest BCUT2D eigenvalue weighted by atomic mass is 16.2. The van der Waals surface area contributed by atoms with Crippen LogP contribution in [0.15, 0.2) is 0 Å². The van der Waals surface area contributed by atoms with Gasteiger partial charge in [-0.25, -0.2) is 0 Å². The van der Waals surface area contributed by atoms with Crippen LogP contribution in [0.2, 0.25) is 0 Å². The van der Waals surface area contributed by atoms with Crippen LogP contribution in [0.1, 0.15) is 96.9 Å². The Labute approximate surface area is 238 Å². The zero-order chi connectivity index (χ0) is 30.8. The molecule has 0 heterocycles. The second-order valence-electron chi connectivity index (χ2n) is 12.7. The Morgan fingerprint density at radius 3 is 1.44 bits per heavy atom. The van der Waals surface area contributed by atoms with Crippen molar-refractivity contribution in [2.24, 2.45) is 29.6 Å². The van der Waals surface area contributed by atoms with Crippen molar-refractivity contribution in [2.75, 3.05) is 13.1 Å². The molecule has 0 aliphatic carbocycles. The zero-order valence-corrected chi connectivity index (χ0v) is 27.2. The van der Waals surface area contributed by atoms with Crippen LogP contribution in [0, 0.1) is 29.6 Å².